The maximum absolute atomic E-state index is 11.7. The van der Waals surface area contributed by atoms with Gasteiger partial charge in [0, 0.05) is 5.69 Å². The van der Waals surface area contributed by atoms with E-state index >= 15 is 0 Å². The highest BCUT2D eigenvalue weighted by Gasteiger charge is 2.07. The molecule has 2 aromatic rings. The van der Waals surface area contributed by atoms with Crippen LogP contribution in [0.1, 0.15) is 11.4 Å². The molecule has 1 amide bonds. The van der Waals surface area contributed by atoms with Crippen LogP contribution in [-0.2, 0) is 11.2 Å². The fraction of sp³-hybridized carbons (Fsp3) is 0.167. The molecule has 2 rings (SSSR count). The highest BCUT2D eigenvalue weighted by atomic mass is 16.1. The summed E-state index contributed by atoms with van der Waals surface area (Å²) in [5, 5.41) is 9.55. The lowest BCUT2D eigenvalue weighted by Gasteiger charge is -2.06. The quantitative estimate of drug-likeness (QED) is 0.698. The van der Waals surface area contributed by atoms with E-state index in [0.29, 0.717) is 11.4 Å². The number of aromatic nitrogens is 2. The molecule has 1 aromatic heterocycles. The highest BCUT2D eigenvalue weighted by molar-refractivity contribution is 5.94. The number of nitrogens with two attached hydrogens (primary N) is 1. The summed E-state index contributed by atoms with van der Waals surface area (Å²) in [6.45, 7) is 1.89. The predicted octanol–water partition coefficient (Wildman–Crippen LogP) is 1.48. The average Bonchev–Trinajstić information content (AvgIpc) is 2.67. The van der Waals surface area contributed by atoms with Crippen LogP contribution >= 0.6 is 0 Å². The van der Waals surface area contributed by atoms with Crippen molar-refractivity contribution >= 4 is 17.3 Å². The van der Waals surface area contributed by atoms with Gasteiger partial charge in [0.2, 0.25) is 5.91 Å². The molecule has 0 bridgehead atoms. The molecule has 0 aliphatic heterocycles. The van der Waals surface area contributed by atoms with Gasteiger partial charge in [0.1, 0.15) is 0 Å². The first-order valence-corrected chi connectivity index (χ1v) is 5.30. The van der Waals surface area contributed by atoms with E-state index in [1.807, 2.05) is 25.1 Å². The zero-order valence-corrected chi connectivity index (χ0v) is 9.53. The van der Waals surface area contributed by atoms with Gasteiger partial charge in [-0.15, -0.1) is 0 Å². The molecule has 1 aromatic carbocycles. The number of nitrogens with one attached hydrogen (secondary N) is 2. The van der Waals surface area contributed by atoms with Gasteiger partial charge in [-0.3, -0.25) is 9.89 Å². The number of hydrogen-bond donors (Lipinski definition) is 3. The summed E-state index contributed by atoms with van der Waals surface area (Å²) < 4.78 is 0. The molecular formula is C12H14N4O. The van der Waals surface area contributed by atoms with Gasteiger partial charge in [-0.05, 0) is 25.1 Å². The van der Waals surface area contributed by atoms with E-state index < -0.39 is 0 Å². The summed E-state index contributed by atoms with van der Waals surface area (Å²) in [5.74, 6) is -0.130. The number of H-pyrrole nitrogens is 1. The van der Waals surface area contributed by atoms with Gasteiger partial charge in [-0.25, -0.2) is 0 Å². The number of benzene rings is 1. The third-order valence-corrected chi connectivity index (χ3v) is 2.34. The van der Waals surface area contributed by atoms with Crippen molar-refractivity contribution < 1.29 is 4.79 Å². The Morgan fingerprint density at radius 3 is 2.88 bits per heavy atom. The highest BCUT2D eigenvalue weighted by Crippen LogP contribution is 2.16. The largest absolute Gasteiger partial charge is 0.397 e. The first kappa shape index (κ1) is 11.2. The maximum Gasteiger partial charge on any atom is 0.230 e. The van der Waals surface area contributed by atoms with Gasteiger partial charge in [0.15, 0.2) is 0 Å². The zero-order chi connectivity index (χ0) is 12.3. The summed E-state index contributed by atoms with van der Waals surface area (Å²) in [7, 11) is 0. The molecule has 0 unspecified atom stereocenters. The van der Waals surface area contributed by atoms with Crippen LogP contribution in [0.2, 0.25) is 0 Å². The minimum absolute atomic E-state index is 0.130. The molecule has 0 aliphatic carbocycles. The van der Waals surface area contributed by atoms with Crippen molar-refractivity contribution in [2.45, 2.75) is 13.3 Å². The second-order valence-electron chi connectivity index (χ2n) is 3.85. The first-order valence-electron chi connectivity index (χ1n) is 5.30. The number of carbonyl (C=O) groups is 1. The molecule has 0 atom stereocenters. The Morgan fingerprint density at radius 1 is 1.47 bits per heavy atom. The van der Waals surface area contributed by atoms with Crippen molar-refractivity contribution in [3.05, 3.63) is 41.7 Å². The Kier molecular flexibility index (Phi) is 3.09. The third-order valence-electron chi connectivity index (χ3n) is 2.34. The molecule has 0 aliphatic rings. The first-order chi connectivity index (χ1) is 8.15. The van der Waals surface area contributed by atoms with Crippen molar-refractivity contribution in [3.8, 4) is 0 Å². The van der Waals surface area contributed by atoms with Gasteiger partial charge in [0.05, 0.1) is 23.5 Å². The summed E-state index contributed by atoms with van der Waals surface area (Å²) in [4.78, 5) is 11.7. The van der Waals surface area contributed by atoms with Crippen LogP contribution in [0.4, 0.5) is 11.4 Å². The molecule has 1 heterocycles. The van der Waals surface area contributed by atoms with Crippen LogP contribution in [0.15, 0.2) is 30.3 Å². The van der Waals surface area contributed by atoms with Gasteiger partial charge >= 0.3 is 0 Å². The standard InChI is InChI=1S/C12H14N4O/c1-8-6-9(16-15-8)7-12(17)14-11-5-3-2-4-10(11)13/h2-6H,7,13H2,1H3,(H,14,17)(H,15,16). The lowest BCUT2D eigenvalue weighted by molar-refractivity contribution is -0.115. The van der Waals surface area contributed by atoms with E-state index in [4.69, 9.17) is 5.73 Å². The van der Waals surface area contributed by atoms with Gasteiger partial charge in [-0.2, -0.15) is 5.10 Å². The number of carbonyl (C=O) groups excluding carboxylic acids is 1. The van der Waals surface area contributed by atoms with Crippen molar-refractivity contribution in [2.75, 3.05) is 11.1 Å². The molecule has 5 nitrogen and oxygen atoms in total. The fourth-order valence-corrected chi connectivity index (χ4v) is 1.53. The Balaban J connectivity index is 2.01. The third kappa shape index (κ3) is 2.84. The number of nitrogen functional groups attached to an aromatic ring is 1. The number of rotatable bonds is 3. The Bertz CT molecular complexity index is 533. The SMILES string of the molecule is Cc1cc(CC(=O)Nc2ccccc2N)n[nH]1. The molecule has 17 heavy (non-hydrogen) atoms. The minimum atomic E-state index is -0.130. The van der Waals surface area contributed by atoms with Crippen molar-refractivity contribution in [1.29, 1.82) is 0 Å². The summed E-state index contributed by atoms with van der Waals surface area (Å²) in [6, 6.07) is 9.00. The van der Waals surface area contributed by atoms with E-state index in [1.165, 1.54) is 0 Å². The van der Waals surface area contributed by atoms with Crippen molar-refractivity contribution in [3.63, 3.8) is 0 Å². The summed E-state index contributed by atoms with van der Waals surface area (Å²) >= 11 is 0. The van der Waals surface area contributed by atoms with E-state index in [2.05, 4.69) is 15.5 Å². The molecule has 0 saturated heterocycles. The van der Waals surface area contributed by atoms with Crippen molar-refractivity contribution in [2.24, 2.45) is 0 Å². The topological polar surface area (TPSA) is 83.8 Å². The molecule has 4 N–H and O–H groups in total. The molecule has 5 heteroatoms. The number of amides is 1. The lowest BCUT2D eigenvalue weighted by Crippen LogP contribution is -2.15. The smallest absolute Gasteiger partial charge is 0.230 e. The fourth-order valence-electron chi connectivity index (χ4n) is 1.53. The Morgan fingerprint density at radius 2 is 2.24 bits per heavy atom. The van der Waals surface area contributed by atoms with Crippen LogP contribution in [0, 0.1) is 6.92 Å². The van der Waals surface area contributed by atoms with Gasteiger partial charge < -0.3 is 11.1 Å². The summed E-state index contributed by atoms with van der Waals surface area (Å²) in [6.07, 6.45) is 0.235. The lowest BCUT2D eigenvalue weighted by atomic mass is 10.2. The van der Waals surface area contributed by atoms with Gasteiger partial charge in [0.25, 0.3) is 0 Å². The number of nitrogens with zero attached hydrogens (tertiary/aromatic N) is 1. The van der Waals surface area contributed by atoms with Crippen LogP contribution < -0.4 is 11.1 Å². The minimum Gasteiger partial charge on any atom is -0.397 e. The Labute approximate surface area is 99.0 Å². The van der Waals surface area contributed by atoms with E-state index in [0.717, 1.165) is 11.4 Å². The maximum atomic E-state index is 11.7. The average molecular weight is 230 g/mol. The van der Waals surface area contributed by atoms with E-state index in [9.17, 15) is 4.79 Å². The molecule has 88 valence electrons. The normalized spacial score (nSPS) is 10.2. The monoisotopic (exact) mass is 230 g/mol. The molecule has 0 radical (unpaired) electrons. The molecule has 0 spiro atoms. The Hall–Kier alpha value is -2.30. The number of hydrogen-bond acceptors (Lipinski definition) is 3. The second-order valence-corrected chi connectivity index (χ2v) is 3.85. The van der Waals surface area contributed by atoms with Crippen molar-refractivity contribution in [1.82, 2.24) is 10.2 Å². The predicted molar refractivity (Wildman–Crippen MR) is 66.5 cm³/mol. The molecule has 0 fully saturated rings. The van der Waals surface area contributed by atoms with E-state index in [1.54, 1.807) is 12.1 Å². The van der Waals surface area contributed by atoms with Crippen LogP contribution in [0.5, 0.6) is 0 Å². The number of anilines is 2. The van der Waals surface area contributed by atoms with Crippen LogP contribution in [0.3, 0.4) is 0 Å². The van der Waals surface area contributed by atoms with Crippen LogP contribution in [0.25, 0.3) is 0 Å². The molecular weight excluding hydrogens is 216 g/mol. The number of para-hydroxylation sites is 2. The molecule has 0 saturated carbocycles. The zero-order valence-electron chi connectivity index (χ0n) is 9.53. The van der Waals surface area contributed by atoms with Crippen LogP contribution in [-0.4, -0.2) is 16.1 Å². The van der Waals surface area contributed by atoms with Gasteiger partial charge in [-0.1, -0.05) is 12.1 Å². The number of aromatic amines is 1. The summed E-state index contributed by atoms with van der Waals surface area (Å²) in [5.41, 5.74) is 8.57. The number of aryl methyl sites for hydroxylation is 1. The second kappa shape index (κ2) is 4.69. The van der Waals surface area contributed by atoms with E-state index in [-0.39, 0.29) is 12.3 Å².